The van der Waals surface area contributed by atoms with Crippen molar-refractivity contribution in [2.45, 2.75) is 9.79 Å². The molecule has 0 atom stereocenters. The minimum absolute atomic E-state index is 0.0719. The second-order valence-electron chi connectivity index (χ2n) is 7.15. The van der Waals surface area contributed by atoms with Gasteiger partial charge in [0, 0.05) is 5.39 Å². The zero-order valence-electron chi connectivity index (χ0n) is 17.6. The van der Waals surface area contributed by atoms with Gasteiger partial charge in [-0.15, -0.1) is 5.11 Å². The van der Waals surface area contributed by atoms with Crippen molar-refractivity contribution in [3.63, 3.8) is 0 Å². The van der Waals surface area contributed by atoms with Crippen molar-refractivity contribution in [1.82, 2.24) is 0 Å². The molecule has 0 spiro atoms. The predicted molar refractivity (Wildman–Crippen MR) is 126 cm³/mol. The second kappa shape index (κ2) is 9.31. The van der Waals surface area contributed by atoms with Crippen LogP contribution in [0.3, 0.4) is 0 Å². The van der Waals surface area contributed by atoms with Gasteiger partial charge in [0.1, 0.15) is 10.6 Å². The Morgan fingerprint density at radius 1 is 0.600 bits per heavy atom. The number of rotatable bonds is 6. The fourth-order valence-electron chi connectivity index (χ4n) is 3.11. The van der Waals surface area contributed by atoms with Crippen molar-refractivity contribution in [1.29, 1.82) is 0 Å². The summed E-state index contributed by atoms with van der Waals surface area (Å²) in [4.78, 5) is -1.68. The highest BCUT2D eigenvalue weighted by molar-refractivity contribution is 7.86. The maximum absolute atomic E-state index is 11.8. The van der Waals surface area contributed by atoms with E-state index in [2.05, 4.69) is 20.5 Å². The van der Waals surface area contributed by atoms with Gasteiger partial charge in [-0.25, -0.2) is 0 Å². The highest BCUT2D eigenvalue weighted by atomic mass is 32.2. The molecule has 0 amide bonds. The monoisotopic (exact) mass is 512 g/mol. The molecule has 0 aliphatic carbocycles. The van der Waals surface area contributed by atoms with Crippen molar-refractivity contribution in [3.8, 4) is 5.75 Å². The van der Waals surface area contributed by atoms with Crippen molar-refractivity contribution in [3.05, 3.63) is 78.9 Å². The van der Waals surface area contributed by atoms with Gasteiger partial charge in [0.15, 0.2) is 5.75 Å². The normalized spacial score (nSPS) is 12.6. The average molecular weight is 513 g/mol. The molecule has 3 N–H and O–H groups in total. The van der Waals surface area contributed by atoms with Gasteiger partial charge in [0.05, 0.1) is 22.0 Å². The lowest BCUT2D eigenvalue weighted by Gasteiger charge is -2.10. The Kier molecular flexibility index (Phi) is 6.41. The molecule has 0 fully saturated rings. The minimum Gasteiger partial charge on any atom is -0.505 e. The van der Waals surface area contributed by atoms with E-state index in [0.29, 0.717) is 23.1 Å². The largest absolute Gasteiger partial charge is 0.505 e. The van der Waals surface area contributed by atoms with E-state index in [1.54, 1.807) is 36.4 Å². The molecule has 0 unspecified atom stereocenters. The summed E-state index contributed by atoms with van der Waals surface area (Å²) < 4.78 is 65.5. The summed E-state index contributed by atoms with van der Waals surface area (Å²) in [5, 5.41) is 26.3. The van der Waals surface area contributed by atoms with Crippen LogP contribution in [0.5, 0.6) is 5.75 Å². The lowest BCUT2D eigenvalue weighted by atomic mass is 10.1. The summed E-state index contributed by atoms with van der Waals surface area (Å²) in [5.74, 6) is -0.658. The first-order valence-electron chi connectivity index (χ1n) is 9.76. The number of fused-ring (bicyclic) bond motifs is 1. The SMILES string of the molecule is O=S(=O)(O)c1cc(S(=O)(=O)O)c2c(O)c(N=Nc3ccc(N=Nc4ccccc4)cc3)ccc2c1. The Morgan fingerprint density at radius 3 is 1.69 bits per heavy atom. The van der Waals surface area contributed by atoms with Gasteiger partial charge in [0.25, 0.3) is 20.2 Å². The number of benzene rings is 4. The van der Waals surface area contributed by atoms with Crippen molar-refractivity contribution in [2.75, 3.05) is 0 Å². The number of phenols is 1. The molecular formula is C22H16N4O7S2. The summed E-state index contributed by atoms with van der Waals surface area (Å²) in [6, 6.07) is 19.7. The second-order valence-corrected chi connectivity index (χ2v) is 9.97. The predicted octanol–water partition coefficient (Wildman–Crippen LogP) is 5.87. The molecule has 35 heavy (non-hydrogen) atoms. The van der Waals surface area contributed by atoms with Crippen molar-refractivity contribution >= 4 is 53.8 Å². The number of hydrogen-bond acceptors (Lipinski definition) is 9. The van der Waals surface area contributed by atoms with E-state index in [1.165, 1.54) is 12.1 Å². The first-order valence-corrected chi connectivity index (χ1v) is 12.6. The van der Waals surface area contributed by atoms with Crippen LogP contribution >= 0.6 is 0 Å². The molecule has 4 rings (SSSR count). The molecule has 0 bridgehead atoms. The number of hydrogen-bond donors (Lipinski definition) is 3. The number of phenolic OH excluding ortho intramolecular Hbond substituents is 1. The number of azo groups is 2. The standard InChI is InChI=1S/C22H16N4O7S2/c27-22-19(11-6-14-12-18(34(28,29)30)13-20(21(14)22)35(31,32)33)26-25-17-9-7-16(8-10-17)24-23-15-4-2-1-3-5-15/h1-13,27H,(H,28,29,30)(H,31,32,33). The van der Waals surface area contributed by atoms with Gasteiger partial charge in [-0.2, -0.15) is 32.2 Å². The molecule has 0 saturated carbocycles. The Hall–Kier alpha value is -4.04. The molecule has 11 nitrogen and oxygen atoms in total. The van der Waals surface area contributed by atoms with Gasteiger partial charge in [-0.1, -0.05) is 24.3 Å². The summed E-state index contributed by atoms with van der Waals surface area (Å²) in [7, 11) is -9.76. The summed E-state index contributed by atoms with van der Waals surface area (Å²) in [6.07, 6.45) is 0. The quantitative estimate of drug-likeness (QED) is 0.213. The van der Waals surface area contributed by atoms with Crippen molar-refractivity contribution < 1.29 is 31.0 Å². The number of aromatic hydroxyl groups is 1. The van der Waals surface area contributed by atoms with Crippen LogP contribution in [-0.2, 0) is 20.2 Å². The smallest absolute Gasteiger partial charge is 0.295 e. The third-order valence-electron chi connectivity index (χ3n) is 4.74. The van der Waals surface area contributed by atoms with Crippen LogP contribution in [0, 0.1) is 0 Å². The van der Waals surface area contributed by atoms with Crippen LogP contribution in [0.4, 0.5) is 22.7 Å². The van der Waals surface area contributed by atoms with Gasteiger partial charge >= 0.3 is 0 Å². The molecular weight excluding hydrogens is 496 g/mol. The molecule has 4 aromatic rings. The van der Waals surface area contributed by atoms with Crippen LogP contribution in [0.15, 0.2) is 109 Å². The van der Waals surface area contributed by atoms with Crippen LogP contribution in [0.1, 0.15) is 0 Å². The van der Waals surface area contributed by atoms with Gasteiger partial charge in [-0.3, -0.25) is 9.11 Å². The molecule has 13 heteroatoms. The van der Waals surface area contributed by atoms with E-state index in [9.17, 15) is 31.0 Å². The van der Waals surface area contributed by atoms with Gasteiger partial charge in [0.2, 0.25) is 0 Å². The summed E-state index contributed by atoms with van der Waals surface area (Å²) >= 11 is 0. The molecule has 0 aliphatic heterocycles. The van der Waals surface area contributed by atoms with Crippen LogP contribution in [0.2, 0.25) is 0 Å². The molecule has 0 aromatic heterocycles. The fraction of sp³-hybridized carbons (Fsp3) is 0. The lowest BCUT2D eigenvalue weighted by molar-refractivity contribution is 0.473. The molecule has 4 aromatic carbocycles. The Morgan fingerprint density at radius 2 is 1.14 bits per heavy atom. The number of nitrogens with zero attached hydrogens (tertiary/aromatic N) is 4. The minimum atomic E-state index is -4.98. The lowest BCUT2D eigenvalue weighted by Crippen LogP contribution is -2.04. The maximum Gasteiger partial charge on any atom is 0.295 e. The van der Waals surface area contributed by atoms with E-state index >= 15 is 0 Å². The van der Waals surface area contributed by atoms with Crippen LogP contribution in [0.25, 0.3) is 10.8 Å². The first kappa shape index (κ1) is 24.1. The van der Waals surface area contributed by atoms with E-state index in [1.807, 2.05) is 18.2 Å². The fourth-order valence-corrected chi connectivity index (χ4v) is 4.48. The Labute approximate surface area is 199 Å². The molecule has 0 heterocycles. The van der Waals surface area contributed by atoms with E-state index in [-0.39, 0.29) is 16.5 Å². The van der Waals surface area contributed by atoms with E-state index in [4.69, 9.17) is 0 Å². The van der Waals surface area contributed by atoms with E-state index < -0.39 is 35.8 Å². The first-order chi connectivity index (χ1) is 16.5. The third-order valence-corrected chi connectivity index (χ3v) is 6.45. The molecule has 0 aliphatic rings. The molecule has 0 saturated heterocycles. The maximum atomic E-state index is 11.8. The third kappa shape index (κ3) is 5.55. The van der Waals surface area contributed by atoms with E-state index in [0.717, 1.165) is 6.07 Å². The summed E-state index contributed by atoms with van der Waals surface area (Å²) in [5.41, 5.74) is 1.50. The molecule has 178 valence electrons. The van der Waals surface area contributed by atoms with Gasteiger partial charge in [-0.05, 0) is 60.0 Å². The average Bonchev–Trinajstić information content (AvgIpc) is 2.82. The highest BCUT2D eigenvalue weighted by Crippen LogP contribution is 2.40. The van der Waals surface area contributed by atoms with Crippen LogP contribution in [-0.4, -0.2) is 31.0 Å². The Bertz CT molecular complexity index is 1690. The topological polar surface area (TPSA) is 178 Å². The van der Waals surface area contributed by atoms with Crippen molar-refractivity contribution in [2.24, 2.45) is 20.5 Å². The zero-order chi connectivity index (χ0) is 25.2. The van der Waals surface area contributed by atoms with Crippen LogP contribution < -0.4 is 0 Å². The van der Waals surface area contributed by atoms with Gasteiger partial charge < -0.3 is 5.11 Å². The highest BCUT2D eigenvalue weighted by Gasteiger charge is 2.23. The Balaban J connectivity index is 1.67. The molecule has 0 radical (unpaired) electrons. The zero-order valence-corrected chi connectivity index (χ0v) is 19.2. The summed E-state index contributed by atoms with van der Waals surface area (Å²) in [6.45, 7) is 0.